The van der Waals surface area contributed by atoms with E-state index in [2.05, 4.69) is 59.0 Å². The fraction of sp³-hybridized carbons (Fsp3) is 0.750. The molecule has 144 valence electrons. The minimum atomic E-state index is -0.317. The summed E-state index contributed by atoms with van der Waals surface area (Å²) in [5.74, 6) is 0.213. The van der Waals surface area contributed by atoms with Gasteiger partial charge in [0.05, 0.1) is 17.7 Å². The van der Waals surface area contributed by atoms with Crippen LogP contribution in [0.4, 0.5) is 0 Å². The summed E-state index contributed by atoms with van der Waals surface area (Å²) in [4.78, 5) is 14.0. The van der Waals surface area contributed by atoms with Gasteiger partial charge in [0.25, 0.3) is 0 Å². The van der Waals surface area contributed by atoms with Gasteiger partial charge in [-0.1, -0.05) is 24.6 Å². The number of allylic oxidation sites excluding steroid dienone is 4. The SMILES string of the molecule is CC1=C(B2OC(C)(C)C(C)(C)O2)C=CC(C)(CCN2CCNCC2=O)C1. The third kappa shape index (κ3) is 3.78. The Balaban J connectivity index is 1.64. The minimum absolute atomic E-state index is 0.0718. The van der Waals surface area contributed by atoms with Crippen LogP contribution in [0.5, 0.6) is 0 Å². The van der Waals surface area contributed by atoms with E-state index >= 15 is 0 Å². The van der Waals surface area contributed by atoms with E-state index in [4.69, 9.17) is 9.31 Å². The van der Waals surface area contributed by atoms with Gasteiger partial charge in [-0.2, -0.15) is 0 Å². The standard InChI is InChI=1S/C20H33BN2O3/c1-15-13-20(6,9-11-23-12-10-22-14-17(23)24)8-7-16(15)21-25-18(2,3)19(4,5)26-21/h7-8,22H,9-14H2,1-6H3. The van der Waals surface area contributed by atoms with Crippen molar-refractivity contribution in [1.29, 1.82) is 0 Å². The predicted octanol–water partition coefficient (Wildman–Crippen LogP) is 2.72. The van der Waals surface area contributed by atoms with E-state index in [1.807, 2.05) is 4.90 Å². The van der Waals surface area contributed by atoms with E-state index in [-0.39, 0.29) is 29.6 Å². The van der Waals surface area contributed by atoms with Crippen LogP contribution in [0.25, 0.3) is 0 Å². The highest BCUT2D eigenvalue weighted by molar-refractivity contribution is 6.56. The van der Waals surface area contributed by atoms with Crippen LogP contribution in [0.15, 0.2) is 23.2 Å². The van der Waals surface area contributed by atoms with Crippen LogP contribution < -0.4 is 5.32 Å². The molecule has 0 bridgehead atoms. The molecule has 1 unspecified atom stereocenters. The molecule has 3 aliphatic rings. The molecule has 0 aromatic heterocycles. The highest BCUT2D eigenvalue weighted by Gasteiger charge is 2.52. The van der Waals surface area contributed by atoms with Crippen LogP contribution in [-0.2, 0) is 14.1 Å². The minimum Gasteiger partial charge on any atom is -0.399 e. The van der Waals surface area contributed by atoms with Crippen molar-refractivity contribution >= 4 is 13.0 Å². The van der Waals surface area contributed by atoms with E-state index in [1.54, 1.807) is 0 Å². The topological polar surface area (TPSA) is 50.8 Å². The van der Waals surface area contributed by atoms with Crippen LogP contribution in [-0.4, -0.2) is 55.3 Å². The van der Waals surface area contributed by atoms with Gasteiger partial charge in [0.2, 0.25) is 5.91 Å². The summed E-state index contributed by atoms with van der Waals surface area (Å²) in [7, 11) is -0.296. The van der Waals surface area contributed by atoms with E-state index in [1.165, 1.54) is 5.57 Å². The highest BCUT2D eigenvalue weighted by Crippen LogP contribution is 2.43. The Morgan fingerprint density at radius 1 is 1.19 bits per heavy atom. The molecule has 5 nitrogen and oxygen atoms in total. The van der Waals surface area contributed by atoms with Gasteiger partial charge < -0.3 is 19.5 Å². The number of carbonyl (C=O) groups excluding carboxylic acids is 1. The van der Waals surface area contributed by atoms with Crippen molar-refractivity contribution in [3.8, 4) is 0 Å². The molecule has 1 N–H and O–H groups in total. The van der Waals surface area contributed by atoms with Crippen LogP contribution in [0.1, 0.15) is 54.4 Å². The third-order valence-electron chi connectivity index (χ3n) is 6.47. The van der Waals surface area contributed by atoms with Gasteiger partial charge in [-0.25, -0.2) is 0 Å². The second kappa shape index (κ2) is 6.81. The third-order valence-corrected chi connectivity index (χ3v) is 6.47. The molecule has 0 spiro atoms. The van der Waals surface area contributed by atoms with Crippen molar-refractivity contribution < 1.29 is 14.1 Å². The first-order valence-electron chi connectivity index (χ1n) is 9.76. The largest absolute Gasteiger partial charge is 0.494 e. The van der Waals surface area contributed by atoms with Crippen molar-refractivity contribution in [3.05, 3.63) is 23.2 Å². The second-order valence-corrected chi connectivity index (χ2v) is 9.30. The molecular weight excluding hydrogens is 327 g/mol. The summed E-state index contributed by atoms with van der Waals surface area (Å²) in [6.45, 7) is 15.8. The quantitative estimate of drug-likeness (QED) is 0.784. The average molecular weight is 360 g/mol. The molecule has 2 saturated heterocycles. The lowest BCUT2D eigenvalue weighted by atomic mass is 9.66. The molecule has 26 heavy (non-hydrogen) atoms. The molecule has 1 amide bonds. The maximum Gasteiger partial charge on any atom is 0.494 e. The van der Waals surface area contributed by atoms with Crippen molar-refractivity contribution in [2.75, 3.05) is 26.2 Å². The number of amides is 1. The molecule has 0 radical (unpaired) electrons. The molecule has 0 aromatic rings. The summed E-state index contributed by atoms with van der Waals surface area (Å²) in [6, 6.07) is 0. The van der Waals surface area contributed by atoms with Crippen LogP contribution in [0.3, 0.4) is 0 Å². The molecule has 1 atom stereocenters. The molecule has 1 aliphatic carbocycles. The van der Waals surface area contributed by atoms with Gasteiger partial charge in [-0.05, 0) is 58.3 Å². The number of hydrogen-bond acceptors (Lipinski definition) is 4. The number of piperazine rings is 1. The number of rotatable bonds is 4. The normalized spacial score (nSPS) is 31.1. The van der Waals surface area contributed by atoms with E-state index in [0.29, 0.717) is 6.54 Å². The van der Waals surface area contributed by atoms with Crippen LogP contribution in [0.2, 0.25) is 0 Å². The number of nitrogens with zero attached hydrogens (tertiary/aromatic N) is 1. The maximum atomic E-state index is 12.0. The molecule has 0 aromatic carbocycles. The van der Waals surface area contributed by atoms with Crippen molar-refractivity contribution in [1.82, 2.24) is 10.2 Å². The Bertz CT molecular complexity index is 625. The molecular formula is C20H33BN2O3. The zero-order valence-corrected chi connectivity index (χ0v) is 17.1. The van der Waals surface area contributed by atoms with Gasteiger partial charge in [0, 0.05) is 19.6 Å². The summed E-state index contributed by atoms with van der Waals surface area (Å²) in [6.07, 6.45) is 6.42. The Morgan fingerprint density at radius 2 is 1.85 bits per heavy atom. The lowest BCUT2D eigenvalue weighted by molar-refractivity contribution is -0.132. The first-order chi connectivity index (χ1) is 12.0. The Morgan fingerprint density at radius 3 is 2.42 bits per heavy atom. The predicted molar refractivity (Wildman–Crippen MR) is 105 cm³/mol. The lowest BCUT2D eigenvalue weighted by Crippen LogP contribution is -2.48. The first-order valence-corrected chi connectivity index (χ1v) is 9.76. The fourth-order valence-corrected chi connectivity index (χ4v) is 3.89. The molecule has 3 rings (SSSR count). The van der Waals surface area contributed by atoms with Crippen LogP contribution >= 0.6 is 0 Å². The van der Waals surface area contributed by atoms with Gasteiger partial charge in [-0.15, -0.1) is 0 Å². The second-order valence-electron chi connectivity index (χ2n) is 9.30. The van der Waals surface area contributed by atoms with Crippen molar-refractivity contribution in [2.45, 2.75) is 65.6 Å². The smallest absolute Gasteiger partial charge is 0.399 e. The Hall–Kier alpha value is -1.11. The summed E-state index contributed by atoms with van der Waals surface area (Å²) in [5, 5.41) is 3.13. The summed E-state index contributed by atoms with van der Waals surface area (Å²) >= 11 is 0. The van der Waals surface area contributed by atoms with Gasteiger partial charge in [0.15, 0.2) is 0 Å². The number of hydrogen-bond donors (Lipinski definition) is 1. The fourth-order valence-electron chi connectivity index (χ4n) is 3.89. The molecule has 6 heteroatoms. The molecule has 2 fully saturated rings. The zero-order chi connectivity index (χ0) is 19.2. The summed E-state index contributed by atoms with van der Waals surface area (Å²) in [5.41, 5.74) is 1.91. The number of nitrogens with one attached hydrogen (secondary N) is 1. The molecule has 0 saturated carbocycles. The first kappa shape index (κ1) is 19.7. The van der Waals surface area contributed by atoms with Crippen LogP contribution in [0, 0.1) is 5.41 Å². The monoisotopic (exact) mass is 360 g/mol. The van der Waals surface area contributed by atoms with E-state index in [0.717, 1.165) is 37.9 Å². The number of carbonyl (C=O) groups is 1. The van der Waals surface area contributed by atoms with Gasteiger partial charge >= 0.3 is 7.12 Å². The Labute approximate surface area is 158 Å². The highest BCUT2D eigenvalue weighted by atomic mass is 16.7. The molecule has 2 heterocycles. The Kier molecular flexibility index (Phi) is 5.14. The lowest BCUT2D eigenvalue weighted by Gasteiger charge is -2.35. The van der Waals surface area contributed by atoms with E-state index in [9.17, 15) is 4.79 Å². The maximum absolute atomic E-state index is 12.0. The zero-order valence-electron chi connectivity index (χ0n) is 17.1. The van der Waals surface area contributed by atoms with Crippen molar-refractivity contribution in [2.24, 2.45) is 5.41 Å². The summed E-state index contributed by atoms with van der Waals surface area (Å²) < 4.78 is 12.4. The van der Waals surface area contributed by atoms with Gasteiger partial charge in [0.1, 0.15) is 0 Å². The van der Waals surface area contributed by atoms with Gasteiger partial charge in [-0.3, -0.25) is 4.79 Å². The molecule has 2 aliphatic heterocycles. The average Bonchev–Trinajstić information content (AvgIpc) is 2.74. The van der Waals surface area contributed by atoms with E-state index < -0.39 is 0 Å². The van der Waals surface area contributed by atoms with Crippen molar-refractivity contribution in [3.63, 3.8) is 0 Å².